The van der Waals surface area contributed by atoms with E-state index in [0.29, 0.717) is 6.04 Å². The number of piperazine rings is 1. The van der Waals surface area contributed by atoms with Crippen molar-refractivity contribution < 1.29 is 4.92 Å². The van der Waals surface area contributed by atoms with Crippen LogP contribution in [-0.2, 0) is 6.54 Å². The van der Waals surface area contributed by atoms with Crippen molar-refractivity contribution in [3.05, 3.63) is 75.8 Å². The number of likely N-dealkylation sites (N-methyl/N-ethyl adjacent to an activating group) is 1. The Morgan fingerprint density at radius 3 is 2.65 bits per heavy atom. The Balaban J connectivity index is 1.82. The number of nitro benzene ring substituents is 1. The van der Waals surface area contributed by atoms with Gasteiger partial charge in [-0.2, -0.15) is 0 Å². The number of nitrogens with zero attached hydrogens (tertiary/aromatic N) is 3. The number of rotatable bonds is 4. The molecule has 2 aromatic rings. The fourth-order valence-corrected chi connectivity index (χ4v) is 3.14. The van der Waals surface area contributed by atoms with Gasteiger partial charge in [-0.15, -0.1) is 0 Å². The molecule has 0 aliphatic carbocycles. The second-order valence-electron chi connectivity index (χ2n) is 6.09. The molecule has 2 aromatic carbocycles. The Labute approximate surface area is 136 Å². The van der Waals surface area contributed by atoms with Crippen LogP contribution in [0.3, 0.4) is 0 Å². The van der Waals surface area contributed by atoms with Crippen molar-refractivity contribution >= 4 is 5.69 Å². The predicted molar refractivity (Wildman–Crippen MR) is 90.2 cm³/mol. The van der Waals surface area contributed by atoms with E-state index in [9.17, 15) is 10.1 Å². The molecule has 1 fully saturated rings. The van der Waals surface area contributed by atoms with Crippen molar-refractivity contribution in [1.82, 2.24) is 9.80 Å². The maximum absolute atomic E-state index is 11.0. The average molecular weight is 311 g/mol. The molecule has 120 valence electrons. The van der Waals surface area contributed by atoms with E-state index in [4.69, 9.17) is 0 Å². The molecule has 0 amide bonds. The minimum absolute atomic E-state index is 0.160. The first-order chi connectivity index (χ1) is 11.1. The fraction of sp³-hybridized carbons (Fsp3) is 0.333. The van der Waals surface area contributed by atoms with Crippen molar-refractivity contribution in [2.24, 2.45) is 0 Å². The maximum atomic E-state index is 11.0. The molecular formula is C18H21N3O2. The Morgan fingerprint density at radius 1 is 1.13 bits per heavy atom. The third-order valence-electron chi connectivity index (χ3n) is 4.39. The van der Waals surface area contributed by atoms with Gasteiger partial charge in [-0.05, 0) is 18.2 Å². The van der Waals surface area contributed by atoms with Gasteiger partial charge < -0.3 is 4.90 Å². The number of non-ortho nitro benzene ring substituents is 1. The van der Waals surface area contributed by atoms with Crippen molar-refractivity contribution in [3.8, 4) is 0 Å². The Hall–Kier alpha value is -2.24. The van der Waals surface area contributed by atoms with Gasteiger partial charge in [0.05, 0.1) is 4.92 Å². The molecule has 0 radical (unpaired) electrons. The SMILES string of the molecule is CN1CCN(Cc2cccc([N+](=O)[O-])c2)[C@@H](c2ccccc2)C1. The number of benzene rings is 2. The minimum Gasteiger partial charge on any atom is -0.303 e. The van der Waals surface area contributed by atoms with Crippen molar-refractivity contribution in [1.29, 1.82) is 0 Å². The fourth-order valence-electron chi connectivity index (χ4n) is 3.14. The summed E-state index contributed by atoms with van der Waals surface area (Å²) in [5, 5.41) is 11.0. The minimum atomic E-state index is -0.331. The lowest BCUT2D eigenvalue weighted by Gasteiger charge is -2.40. The molecule has 5 nitrogen and oxygen atoms in total. The molecule has 0 bridgehead atoms. The number of hydrogen-bond donors (Lipinski definition) is 0. The van der Waals surface area contributed by atoms with Crippen LogP contribution in [0.2, 0.25) is 0 Å². The summed E-state index contributed by atoms with van der Waals surface area (Å²) in [5.41, 5.74) is 2.45. The van der Waals surface area contributed by atoms with Crippen LogP contribution in [0.25, 0.3) is 0 Å². The molecule has 23 heavy (non-hydrogen) atoms. The molecule has 1 aliphatic rings. The summed E-state index contributed by atoms with van der Waals surface area (Å²) in [5.74, 6) is 0. The first-order valence-corrected chi connectivity index (χ1v) is 7.84. The van der Waals surface area contributed by atoms with Crippen LogP contribution >= 0.6 is 0 Å². The summed E-state index contributed by atoms with van der Waals surface area (Å²) in [6, 6.07) is 17.7. The number of hydrogen-bond acceptors (Lipinski definition) is 4. The van der Waals surface area contributed by atoms with Gasteiger partial charge in [0, 0.05) is 44.4 Å². The molecule has 1 heterocycles. The van der Waals surface area contributed by atoms with Gasteiger partial charge in [0.2, 0.25) is 0 Å². The third kappa shape index (κ3) is 3.75. The van der Waals surface area contributed by atoms with E-state index in [-0.39, 0.29) is 10.6 Å². The molecule has 0 N–H and O–H groups in total. The highest BCUT2D eigenvalue weighted by Crippen LogP contribution is 2.27. The van der Waals surface area contributed by atoms with Crippen LogP contribution in [0.5, 0.6) is 0 Å². The molecule has 0 unspecified atom stereocenters. The Morgan fingerprint density at radius 2 is 1.91 bits per heavy atom. The van der Waals surface area contributed by atoms with Crippen molar-refractivity contribution in [2.75, 3.05) is 26.7 Å². The molecule has 1 aliphatic heterocycles. The zero-order valence-electron chi connectivity index (χ0n) is 13.3. The van der Waals surface area contributed by atoms with Crippen molar-refractivity contribution in [3.63, 3.8) is 0 Å². The average Bonchev–Trinajstić information content (AvgIpc) is 2.57. The second-order valence-corrected chi connectivity index (χ2v) is 6.09. The third-order valence-corrected chi connectivity index (χ3v) is 4.39. The van der Waals surface area contributed by atoms with Crippen molar-refractivity contribution in [2.45, 2.75) is 12.6 Å². The Bertz CT molecular complexity index is 675. The summed E-state index contributed by atoms with van der Waals surface area (Å²) >= 11 is 0. The Kier molecular flexibility index (Phi) is 4.69. The van der Waals surface area contributed by atoms with E-state index < -0.39 is 0 Å². The smallest absolute Gasteiger partial charge is 0.269 e. The molecule has 0 aromatic heterocycles. The van der Waals surface area contributed by atoms with Crippen LogP contribution in [-0.4, -0.2) is 41.4 Å². The van der Waals surface area contributed by atoms with Crippen LogP contribution in [0.4, 0.5) is 5.69 Å². The van der Waals surface area contributed by atoms with Gasteiger partial charge in [-0.25, -0.2) is 0 Å². The van der Waals surface area contributed by atoms with Gasteiger partial charge >= 0.3 is 0 Å². The highest BCUT2D eigenvalue weighted by atomic mass is 16.6. The quantitative estimate of drug-likeness (QED) is 0.643. The van der Waals surface area contributed by atoms with E-state index in [1.54, 1.807) is 18.2 Å². The van der Waals surface area contributed by atoms with Gasteiger partial charge in [-0.3, -0.25) is 15.0 Å². The normalized spacial score (nSPS) is 19.6. The summed E-state index contributed by atoms with van der Waals surface area (Å²) in [4.78, 5) is 15.4. The lowest BCUT2D eigenvalue weighted by Crippen LogP contribution is -2.46. The molecule has 3 rings (SSSR count). The van der Waals surface area contributed by atoms with Gasteiger partial charge in [0.1, 0.15) is 0 Å². The summed E-state index contributed by atoms with van der Waals surface area (Å²) < 4.78 is 0. The first-order valence-electron chi connectivity index (χ1n) is 7.84. The van der Waals surface area contributed by atoms with Gasteiger partial charge in [0.25, 0.3) is 5.69 Å². The highest BCUT2D eigenvalue weighted by molar-refractivity contribution is 5.34. The summed E-state index contributed by atoms with van der Waals surface area (Å²) in [7, 11) is 2.14. The van der Waals surface area contributed by atoms with Crippen LogP contribution in [0.15, 0.2) is 54.6 Å². The second kappa shape index (κ2) is 6.89. The molecule has 1 saturated heterocycles. The summed E-state index contributed by atoms with van der Waals surface area (Å²) in [6.45, 7) is 3.67. The van der Waals surface area contributed by atoms with Crippen LogP contribution in [0, 0.1) is 10.1 Å². The largest absolute Gasteiger partial charge is 0.303 e. The van der Waals surface area contributed by atoms with E-state index in [1.807, 2.05) is 12.1 Å². The topological polar surface area (TPSA) is 49.6 Å². The highest BCUT2D eigenvalue weighted by Gasteiger charge is 2.26. The predicted octanol–water partition coefficient (Wildman–Crippen LogP) is 3.08. The number of nitro groups is 1. The van der Waals surface area contributed by atoms with Gasteiger partial charge in [-0.1, -0.05) is 42.5 Å². The van der Waals surface area contributed by atoms with E-state index >= 15 is 0 Å². The zero-order valence-corrected chi connectivity index (χ0v) is 13.3. The maximum Gasteiger partial charge on any atom is 0.269 e. The van der Waals surface area contributed by atoms with E-state index in [2.05, 4.69) is 41.1 Å². The summed E-state index contributed by atoms with van der Waals surface area (Å²) in [6.07, 6.45) is 0. The molecular weight excluding hydrogens is 290 g/mol. The molecule has 5 heteroatoms. The first kappa shape index (κ1) is 15.6. The van der Waals surface area contributed by atoms with E-state index in [1.165, 1.54) is 5.56 Å². The zero-order chi connectivity index (χ0) is 16.2. The standard InChI is InChI=1S/C18H21N3O2/c1-19-10-11-20(18(14-19)16-7-3-2-4-8-16)13-15-6-5-9-17(12-15)21(22)23/h2-9,12,18H,10-11,13-14H2,1H3/t18-/m1/s1. The van der Waals surface area contributed by atoms with Crippen LogP contribution < -0.4 is 0 Å². The van der Waals surface area contributed by atoms with E-state index in [0.717, 1.165) is 31.7 Å². The molecule has 0 saturated carbocycles. The molecule has 1 atom stereocenters. The van der Waals surface area contributed by atoms with Gasteiger partial charge in [0.15, 0.2) is 0 Å². The lowest BCUT2D eigenvalue weighted by molar-refractivity contribution is -0.384. The monoisotopic (exact) mass is 311 g/mol. The lowest BCUT2D eigenvalue weighted by atomic mass is 10.0. The molecule has 0 spiro atoms. The van der Waals surface area contributed by atoms with Crippen LogP contribution in [0.1, 0.15) is 17.2 Å².